The van der Waals surface area contributed by atoms with Crippen LogP contribution in [0.4, 0.5) is 5.95 Å². The Morgan fingerprint density at radius 1 is 1.14 bits per heavy atom. The van der Waals surface area contributed by atoms with Crippen LogP contribution in [0, 0.1) is 5.92 Å². The fraction of sp³-hybridized carbons (Fsp3) is 0.786. The number of ether oxygens (including phenoxy) is 2. The highest BCUT2D eigenvalue weighted by Gasteiger charge is 2.25. The summed E-state index contributed by atoms with van der Waals surface area (Å²) in [5.74, 6) is 1.33. The number of methoxy groups -OCH3 is 2. The maximum atomic E-state index is 5.10. The topological polar surface area (TPSA) is 72.4 Å². The molecule has 2 rings (SSSR count). The highest BCUT2D eigenvalue weighted by atomic mass is 16.5. The molecule has 0 aromatic carbocycles. The van der Waals surface area contributed by atoms with Crippen LogP contribution in [0.1, 0.15) is 26.7 Å². The quantitative estimate of drug-likeness (QED) is 0.842. The number of hydrogen-bond donors (Lipinski definition) is 1. The van der Waals surface area contributed by atoms with Crippen molar-refractivity contribution in [2.75, 3.05) is 38.8 Å². The second-order valence-corrected chi connectivity index (χ2v) is 5.28. The molecule has 7 heteroatoms. The van der Waals surface area contributed by atoms with Gasteiger partial charge in [0.15, 0.2) is 0 Å². The van der Waals surface area contributed by atoms with Gasteiger partial charge in [-0.05, 0) is 32.2 Å². The van der Waals surface area contributed by atoms with Crippen LogP contribution in [0.3, 0.4) is 0 Å². The Labute approximate surface area is 126 Å². The fourth-order valence-electron chi connectivity index (χ4n) is 2.74. The summed E-state index contributed by atoms with van der Waals surface area (Å²) in [7, 11) is 3.09. The van der Waals surface area contributed by atoms with Crippen molar-refractivity contribution in [2.45, 2.75) is 32.7 Å². The zero-order valence-electron chi connectivity index (χ0n) is 13.3. The third kappa shape index (κ3) is 3.93. The predicted molar refractivity (Wildman–Crippen MR) is 81.0 cm³/mol. The molecule has 1 fully saturated rings. The van der Waals surface area contributed by atoms with Crippen LogP contribution in [0.2, 0.25) is 0 Å². The minimum Gasteiger partial charge on any atom is -0.467 e. The molecule has 0 aliphatic carbocycles. The molecule has 1 N–H and O–H groups in total. The third-order valence-corrected chi connectivity index (χ3v) is 4.00. The largest absolute Gasteiger partial charge is 0.467 e. The van der Waals surface area contributed by atoms with E-state index >= 15 is 0 Å². The van der Waals surface area contributed by atoms with E-state index < -0.39 is 0 Å². The maximum Gasteiger partial charge on any atom is 0.324 e. The molecule has 1 unspecified atom stereocenters. The molecule has 2 heterocycles. The van der Waals surface area contributed by atoms with Crippen molar-refractivity contribution in [3.05, 3.63) is 0 Å². The van der Waals surface area contributed by atoms with Crippen molar-refractivity contribution < 1.29 is 9.47 Å². The van der Waals surface area contributed by atoms with E-state index in [1.165, 1.54) is 0 Å². The van der Waals surface area contributed by atoms with Gasteiger partial charge < -0.3 is 19.7 Å². The number of nitrogens with one attached hydrogen (secondary N) is 1. The second-order valence-electron chi connectivity index (χ2n) is 5.28. The molecule has 0 amide bonds. The lowest BCUT2D eigenvalue weighted by atomic mass is 9.90. The Balaban J connectivity index is 2.01. The Kier molecular flexibility index (Phi) is 5.55. The number of aromatic nitrogens is 3. The molecule has 1 aromatic heterocycles. The number of piperidine rings is 1. The van der Waals surface area contributed by atoms with E-state index in [1.807, 2.05) is 0 Å². The zero-order valence-corrected chi connectivity index (χ0v) is 13.3. The van der Waals surface area contributed by atoms with Crippen LogP contribution in [0.25, 0.3) is 0 Å². The summed E-state index contributed by atoms with van der Waals surface area (Å²) in [6.07, 6.45) is 2.26. The summed E-state index contributed by atoms with van der Waals surface area (Å²) in [4.78, 5) is 14.8. The minimum absolute atomic E-state index is 0.292. The lowest BCUT2D eigenvalue weighted by Gasteiger charge is -2.35. The SMILES string of the molecule is CCNC(C)C1CCN(c2nc(OC)nc(OC)n2)CC1. The van der Waals surface area contributed by atoms with Gasteiger partial charge in [-0.2, -0.15) is 9.97 Å². The Bertz CT molecular complexity index is 427. The van der Waals surface area contributed by atoms with Gasteiger partial charge in [-0.25, -0.2) is 0 Å². The van der Waals surface area contributed by atoms with Gasteiger partial charge in [-0.3, -0.25) is 0 Å². The van der Waals surface area contributed by atoms with E-state index in [-0.39, 0.29) is 0 Å². The van der Waals surface area contributed by atoms with Gasteiger partial charge in [0.2, 0.25) is 5.95 Å². The number of rotatable bonds is 6. The summed E-state index contributed by atoms with van der Waals surface area (Å²) < 4.78 is 10.2. The van der Waals surface area contributed by atoms with E-state index in [1.54, 1.807) is 14.2 Å². The first kappa shape index (κ1) is 15.8. The highest BCUT2D eigenvalue weighted by molar-refractivity contribution is 5.32. The lowest BCUT2D eigenvalue weighted by Crippen LogP contribution is -2.42. The molecule has 0 radical (unpaired) electrons. The molecule has 1 aromatic rings. The molecule has 1 saturated heterocycles. The van der Waals surface area contributed by atoms with Gasteiger partial charge in [0, 0.05) is 19.1 Å². The highest BCUT2D eigenvalue weighted by Crippen LogP contribution is 2.24. The molecule has 118 valence electrons. The van der Waals surface area contributed by atoms with Crippen molar-refractivity contribution in [2.24, 2.45) is 5.92 Å². The van der Waals surface area contributed by atoms with Gasteiger partial charge in [-0.1, -0.05) is 6.92 Å². The smallest absolute Gasteiger partial charge is 0.324 e. The summed E-state index contributed by atoms with van der Waals surface area (Å²) in [6, 6.07) is 1.14. The summed E-state index contributed by atoms with van der Waals surface area (Å²) in [5, 5.41) is 3.51. The molecule has 0 spiro atoms. The lowest BCUT2D eigenvalue weighted by molar-refractivity contribution is 0.309. The van der Waals surface area contributed by atoms with Gasteiger partial charge in [0.25, 0.3) is 0 Å². The van der Waals surface area contributed by atoms with Gasteiger partial charge in [0.05, 0.1) is 14.2 Å². The van der Waals surface area contributed by atoms with Crippen molar-refractivity contribution in [1.82, 2.24) is 20.3 Å². The number of hydrogen-bond acceptors (Lipinski definition) is 7. The number of nitrogens with zero attached hydrogens (tertiary/aromatic N) is 4. The summed E-state index contributed by atoms with van der Waals surface area (Å²) in [6.45, 7) is 7.31. The Morgan fingerprint density at radius 2 is 1.71 bits per heavy atom. The normalized spacial score (nSPS) is 17.6. The van der Waals surface area contributed by atoms with E-state index in [2.05, 4.69) is 39.0 Å². The predicted octanol–water partition coefficient (Wildman–Crippen LogP) is 1.10. The fourth-order valence-corrected chi connectivity index (χ4v) is 2.74. The van der Waals surface area contributed by atoms with Crippen LogP contribution in [-0.2, 0) is 0 Å². The molecular weight excluding hydrogens is 270 g/mol. The first-order valence-corrected chi connectivity index (χ1v) is 7.50. The van der Waals surface area contributed by atoms with Crippen molar-refractivity contribution in [1.29, 1.82) is 0 Å². The Morgan fingerprint density at radius 3 is 2.19 bits per heavy atom. The molecule has 0 saturated carbocycles. The average molecular weight is 295 g/mol. The molecule has 1 aliphatic rings. The van der Waals surface area contributed by atoms with Crippen LogP contribution < -0.4 is 19.7 Å². The van der Waals surface area contributed by atoms with Gasteiger partial charge in [0.1, 0.15) is 0 Å². The van der Waals surface area contributed by atoms with Crippen LogP contribution in [0.5, 0.6) is 12.0 Å². The van der Waals surface area contributed by atoms with E-state index in [4.69, 9.17) is 9.47 Å². The molecule has 7 nitrogen and oxygen atoms in total. The zero-order chi connectivity index (χ0) is 15.2. The molecule has 21 heavy (non-hydrogen) atoms. The van der Waals surface area contributed by atoms with E-state index in [0.29, 0.717) is 29.9 Å². The third-order valence-electron chi connectivity index (χ3n) is 4.00. The van der Waals surface area contributed by atoms with Crippen LogP contribution in [0.15, 0.2) is 0 Å². The van der Waals surface area contributed by atoms with Crippen molar-refractivity contribution in [3.8, 4) is 12.0 Å². The summed E-state index contributed by atoms with van der Waals surface area (Å²) >= 11 is 0. The number of anilines is 1. The second kappa shape index (κ2) is 7.40. The molecule has 1 atom stereocenters. The van der Waals surface area contributed by atoms with Crippen molar-refractivity contribution in [3.63, 3.8) is 0 Å². The van der Waals surface area contributed by atoms with Crippen molar-refractivity contribution >= 4 is 5.95 Å². The maximum absolute atomic E-state index is 5.10. The van der Waals surface area contributed by atoms with E-state index in [0.717, 1.165) is 32.5 Å². The van der Waals surface area contributed by atoms with Crippen LogP contribution >= 0.6 is 0 Å². The molecule has 0 bridgehead atoms. The van der Waals surface area contributed by atoms with E-state index in [9.17, 15) is 0 Å². The monoisotopic (exact) mass is 295 g/mol. The average Bonchev–Trinajstić information content (AvgIpc) is 2.54. The standard InChI is InChI=1S/C14H25N5O2/c1-5-15-10(2)11-6-8-19(9-7-11)12-16-13(20-3)18-14(17-12)21-4/h10-11,15H,5-9H2,1-4H3. The van der Waals surface area contributed by atoms with Gasteiger partial charge in [-0.15, -0.1) is 4.98 Å². The first-order valence-electron chi connectivity index (χ1n) is 7.50. The van der Waals surface area contributed by atoms with Crippen LogP contribution in [-0.4, -0.2) is 54.8 Å². The molecule has 1 aliphatic heterocycles. The molecular formula is C14H25N5O2. The first-order chi connectivity index (χ1) is 10.2. The van der Waals surface area contributed by atoms with Gasteiger partial charge >= 0.3 is 12.0 Å². The summed E-state index contributed by atoms with van der Waals surface area (Å²) in [5.41, 5.74) is 0. The minimum atomic E-state index is 0.292. The Hall–Kier alpha value is -1.63.